The zero-order chi connectivity index (χ0) is 12.7. The molecule has 1 rings (SSSR count). The molecule has 0 aromatic carbocycles. The third kappa shape index (κ3) is 7.71. The second-order valence-corrected chi connectivity index (χ2v) is 5.41. The van der Waals surface area contributed by atoms with Crippen molar-refractivity contribution in [2.75, 3.05) is 39.9 Å². The lowest BCUT2D eigenvalue weighted by atomic mass is 10.3. The van der Waals surface area contributed by atoms with Gasteiger partial charge in [0, 0.05) is 32.3 Å². The van der Waals surface area contributed by atoms with Crippen molar-refractivity contribution in [1.82, 2.24) is 10.2 Å². The lowest BCUT2D eigenvalue weighted by Gasteiger charge is -2.21. The molecular formula is C13H28N2O2. The van der Waals surface area contributed by atoms with Crippen LogP contribution in [-0.4, -0.2) is 62.0 Å². The average Bonchev–Trinajstić information content (AvgIpc) is 3.08. The third-order valence-electron chi connectivity index (χ3n) is 3.26. The molecule has 0 bridgehead atoms. The molecule has 4 nitrogen and oxygen atoms in total. The van der Waals surface area contributed by atoms with E-state index in [1.165, 1.54) is 12.8 Å². The SMILES string of the molecule is CC(C)N(C)CCNCC(O)COCC1CC1. The van der Waals surface area contributed by atoms with E-state index in [1.807, 2.05) is 0 Å². The Morgan fingerprint density at radius 2 is 2.12 bits per heavy atom. The summed E-state index contributed by atoms with van der Waals surface area (Å²) in [5.74, 6) is 0.773. The molecule has 1 aliphatic rings. The predicted octanol–water partition coefficient (Wildman–Crippen LogP) is 0.704. The minimum atomic E-state index is -0.377. The van der Waals surface area contributed by atoms with Crippen LogP contribution in [0.15, 0.2) is 0 Å². The summed E-state index contributed by atoms with van der Waals surface area (Å²) in [7, 11) is 2.11. The normalized spacial score (nSPS) is 18.0. The fraction of sp³-hybridized carbons (Fsp3) is 1.00. The first kappa shape index (κ1) is 14.9. The molecule has 2 N–H and O–H groups in total. The minimum Gasteiger partial charge on any atom is -0.389 e. The van der Waals surface area contributed by atoms with E-state index >= 15 is 0 Å². The van der Waals surface area contributed by atoms with Gasteiger partial charge in [-0.25, -0.2) is 0 Å². The summed E-state index contributed by atoms with van der Waals surface area (Å²) in [6.07, 6.45) is 2.23. The number of aliphatic hydroxyl groups is 1. The van der Waals surface area contributed by atoms with Gasteiger partial charge in [0.05, 0.1) is 12.7 Å². The largest absolute Gasteiger partial charge is 0.389 e. The minimum absolute atomic E-state index is 0.377. The molecule has 1 unspecified atom stereocenters. The second kappa shape index (κ2) is 8.03. The Morgan fingerprint density at radius 1 is 1.41 bits per heavy atom. The van der Waals surface area contributed by atoms with Crippen LogP contribution in [0.5, 0.6) is 0 Å². The van der Waals surface area contributed by atoms with E-state index in [2.05, 4.69) is 31.1 Å². The standard InChI is InChI=1S/C13H28N2O2/c1-11(2)15(3)7-6-14-8-13(16)10-17-9-12-4-5-12/h11-14,16H,4-10H2,1-3H3. The molecule has 0 heterocycles. The van der Waals surface area contributed by atoms with Gasteiger partial charge in [-0.3, -0.25) is 0 Å². The van der Waals surface area contributed by atoms with Crippen LogP contribution in [-0.2, 0) is 4.74 Å². The third-order valence-corrected chi connectivity index (χ3v) is 3.26. The van der Waals surface area contributed by atoms with Gasteiger partial charge in [-0.15, -0.1) is 0 Å². The van der Waals surface area contributed by atoms with Gasteiger partial charge in [-0.1, -0.05) is 0 Å². The van der Waals surface area contributed by atoms with Crippen LogP contribution in [0.4, 0.5) is 0 Å². The van der Waals surface area contributed by atoms with Crippen molar-refractivity contribution < 1.29 is 9.84 Å². The molecule has 0 saturated heterocycles. The highest BCUT2D eigenvalue weighted by molar-refractivity contribution is 4.72. The van der Waals surface area contributed by atoms with Crippen molar-refractivity contribution in [3.63, 3.8) is 0 Å². The Balaban J connectivity index is 1.86. The van der Waals surface area contributed by atoms with Crippen LogP contribution in [0, 0.1) is 5.92 Å². The van der Waals surface area contributed by atoms with Gasteiger partial charge in [0.25, 0.3) is 0 Å². The molecule has 102 valence electrons. The van der Waals surface area contributed by atoms with Crippen molar-refractivity contribution in [1.29, 1.82) is 0 Å². The quantitative estimate of drug-likeness (QED) is 0.555. The van der Waals surface area contributed by atoms with Crippen LogP contribution >= 0.6 is 0 Å². The maximum absolute atomic E-state index is 9.66. The van der Waals surface area contributed by atoms with Crippen LogP contribution < -0.4 is 5.32 Å². The zero-order valence-corrected chi connectivity index (χ0v) is 11.5. The van der Waals surface area contributed by atoms with E-state index in [4.69, 9.17) is 4.74 Å². The summed E-state index contributed by atoms with van der Waals surface area (Å²) in [6.45, 7) is 8.19. The van der Waals surface area contributed by atoms with Crippen LogP contribution in [0.2, 0.25) is 0 Å². The summed E-state index contributed by atoms with van der Waals surface area (Å²) in [4.78, 5) is 2.28. The summed E-state index contributed by atoms with van der Waals surface area (Å²) >= 11 is 0. The fourth-order valence-corrected chi connectivity index (χ4v) is 1.50. The average molecular weight is 244 g/mol. The van der Waals surface area contributed by atoms with E-state index in [0.717, 1.165) is 25.6 Å². The Hall–Kier alpha value is -0.160. The first-order valence-corrected chi connectivity index (χ1v) is 6.76. The molecule has 0 spiro atoms. The maximum Gasteiger partial charge on any atom is 0.0897 e. The zero-order valence-electron chi connectivity index (χ0n) is 11.5. The first-order chi connectivity index (χ1) is 8.09. The molecule has 4 heteroatoms. The lowest BCUT2D eigenvalue weighted by Crippen LogP contribution is -2.37. The molecule has 0 aromatic heterocycles. The number of nitrogens with zero attached hydrogens (tertiary/aromatic N) is 1. The molecule has 0 aromatic rings. The molecule has 1 saturated carbocycles. The molecule has 17 heavy (non-hydrogen) atoms. The number of nitrogens with one attached hydrogen (secondary N) is 1. The molecule has 1 atom stereocenters. The van der Waals surface area contributed by atoms with Crippen molar-refractivity contribution >= 4 is 0 Å². The number of likely N-dealkylation sites (N-methyl/N-ethyl adjacent to an activating group) is 1. The molecule has 1 aliphatic carbocycles. The fourth-order valence-electron chi connectivity index (χ4n) is 1.50. The van der Waals surface area contributed by atoms with Gasteiger partial charge in [0.15, 0.2) is 0 Å². The summed E-state index contributed by atoms with van der Waals surface area (Å²) in [5.41, 5.74) is 0. The number of rotatable bonds is 10. The van der Waals surface area contributed by atoms with Crippen molar-refractivity contribution in [2.45, 2.75) is 38.8 Å². The summed E-state index contributed by atoms with van der Waals surface area (Å²) < 4.78 is 5.44. The van der Waals surface area contributed by atoms with Crippen LogP contribution in [0.1, 0.15) is 26.7 Å². The monoisotopic (exact) mass is 244 g/mol. The summed E-state index contributed by atoms with van der Waals surface area (Å²) in [6, 6.07) is 0.573. The Morgan fingerprint density at radius 3 is 2.71 bits per heavy atom. The van der Waals surface area contributed by atoms with E-state index in [9.17, 15) is 5.11 Å². The molecule has 0 amide bonds. The van der Waals surface area contributed by atoms with Gasteiger partial charge in [-0.05, 0) is 39.7 Å². The topological polar surface area (TPSA) is 44.7 Å². The van der Waals surface area contributed by atoms with Crippen molar-refractivity contribution in [3.8, 4) is 0 Å². The lowest BCUT2D eigenvalue weighted by molar-refractivity contribution is 0.0324. The van der Waals surface area contributed by atoms with Gasteiger partial charge in [0.1, 0.15) is 0 Å². The second-order valence-electron chi connectivity index (χ2n) is 5.41. The number of aliphatic hydroxyl groups excluding tert-OH is 1. The van der Waals surface area contributed by atoms with Gasteiger partial charge < -0.3 is 20.1 Å². The van der Waals surface area contributed by atoms with Gasteiger partial charge in [-0.2, -0.15) is 0 Å². The van der Waals surface area contributed by atoms with Gasteiger partial charge >= 0.3 is 0 Å². The van der Waals surface area contributed by atoms with E-state index in [0.29, 0.717) is 19.2 Å². The van der Waals surface area contributed by atoms with E-state index in [-0.39, 0.29) is 6.10 Å². The number of hydrogen-bond donors (Lipinski definition) is 2. The highest BCUT2D eigenvalue weighted by Crippen LogP contribution is 2.28. The van der Waals surface area contributed by atoms with E-state index in [1.54, 1.807) is 0 Å². The maximum atomic E-state index is 9.66. The molecule has 0 aliphatic heterocycles. The van der Waals surface area contributed by atoms with Gasteiger partial charge in [0.2, 0.25) is 0 Å². The highest BCUT2D eigenvalue weighted by atomic mass is 16.5. The molecule has 1 fully saturated rings. The van der Waals surface area contributed by atoms with E-state index < -0.39 is 0 Å². The molecular weight excluding hydrogens is 216 g/mol. The van der Waals surface area contributed by atoms with Crippen molar-refractivity contribution in [3.05, 3.63) is 0 Å². The Kier molecular flexibility index (Phi) is 7.04. The Labute approximate surface area is 105 Å². The van der Waals surface area contributed by atoms with Crippen LogP contribution in [0.3, 0.4) is 0 Å². The number of ether oxygens (including phenoxy) is 1. The predicted molar refractivity (Wildman–Crippen MR) is 70.2 cm³/mol. The highest BCUT2D eigenvalue weighted by Gasteiger charge is 2.21. The van der Waals surface area contributed by atoms with Crippen LogP contribution in [0.25, 0.3) is 0 Å². The smallest absolute Gasteiger partial charge is 0.0897 e. The van der Waals surface area contributed by atoms with Crippen molar-refractivity contribution in [2.24, 2.45) is 5.92 Å². The Bertz CT molecular complexity index is 196. The number of hydrogen-bond acceptors (Lipinski definition) is 4. The first-order valence-electron chi connectivity index (χ1n) is 6.76. The summed E-state index contributed by atoms with van der Waals surface area (Å²) in [5, 5.41) is 12.9. The molecule has 0 radical (unpaired) electrons.